The molecule has 0 bridgehead atoms. The topological polar surface area (TPSA) is 0 Å². The number of allylic oxidation sites excluding steroid dienone is 4. The summed E-state index contributed by atoms with van der Waals surface area (Å²) < 4.78 is 0. The molecule has 0 aromatic carbocycles. The van der Waals surface area contributed by atoms with Crippen molar-refractivity contribution in [2.24, 2.45) is 11.8 Å². The molecule has 0 rings (SSSR count). The Morgan fingerprint density at radius 2 is 1.10 bits per heavy atom. The largest absolute Gasteiger partial charge is 0.0914 e. The molecule has 58 valence electrons. The molecular formula is C10H18. The van der Waals surface area contributed by atoms with E-state index in [4.69, 9.17) is 0 Å². The Morgan fingerprint density at radius 1 is 0.800 bits per heavy atom. The maximum atomic E-state index is 2.24. The van der Waals surface area contributed by atoms with Gasteiger partial charge in [0, 0.05) is 0 Å². The minimum absolute atomic E-state index is 0.668. The Morgan fingerprint density at radius 3 is 1.30 bits per heavy atom. The van der Waals surface area contributed by atoms with Gasteiger partial charge in [-0.15, -0.1) is 0 Å². The molecule has 0 fully saturated rings. The van der Waals surface area contributed by atoms with E-state index >= 15 is 0 Å². The van der Waals surface area contributed by atoms with Crippen molar-refractivity contribution in [3.05, 3.63) is 24.3 Å². The highest BCUT2D eigenvalue weighted by Gasteiger charge is 2.02. The fourth-order valence-corrected chi connectivity index (χ4v) is 0.958. The van der Waals surface area contributed by atoms with Crippen LogP contribution in [-0.2, 0) is 0 Å². The van der Waals surface area contributed by atoms with Gasteiger partial charge in [-0.05, 0) is 25.7 Å². The van der Waals surface area contributed by atoms with Gasteiger partial charge < -0.3 is 0 Å². The molecule has 0 aromatic rings. The van der Waals surface area contributed by atoms with Gasteiger partial charge in [-0.1, -0.05) is 38.2 Å². The lowest BCUT2D eigenvalue weighted by atomic mass is 9.95. The van der Waals surface area contributed by atoms with Gasteiger partial charge in [0.1, 0.15) is 0 Å². The number of rotatable bonds is 3. The van der Waals surface area contributed by atoms with E-state index in [1.165, 1.54) is 0 Å². The van der Waals surface area contributed by atoms with E-state index in [9.17, 15) is 0 Å². The molecule has 0 heterocycles. The molecule has 0 radical (unpaired) electrons. The van der Waals surface area contributed by atoms with Gasteiger partial charge in [-0.2, -0.15) is 0 Å². The first-order chi connectivity index (χ1) is 4.72. The van der Waals surface area contributed by atoms with Gasteiger partial charge in [0.05, 0.1) is 0 Å². The first-order valence-corrected chi connectivity index (χ1v) is 3.98. The van der Waals surface area contributed by atoms with E-state index in [2.05, 4.69) is 52.0 Å². The van der Waals surface area contributed by atoms with Gasteiger partial charge in [-0.25, -0.2) is 0 Å². The third kappa shape index (κ3) is 3.49. The van der Waals surface area contributed by atoms with E-state index in [1.54, 1.807) is 0 Å². The van der Waals surface area contributed by atoms with Crippen molar-refractivity contribution in [2.45, 2.75) is 27.7 Å². The van der Waals surface area contributed by atoms with Gasteiger partial charge >= 0.3 is 0 Å². The zero-order valence-corrected chi connectivity index (χ0v) is 7.46. The predicted molar refractivity (Wildman–Crippen MR) is 48.0 cm³/mol. The van der Waals surface area contributed by atoms with Gasteiger partial charge in [-0.3, -0.25) is 0 Å². The van der Waals surface area contributed by atoms with E-state index in [1.807, 2.05) is 0 Å². The highest BCUT2D eigenvalue weighted by atomic mass is 14.1. The number of hydrogen-bond donors (Lipinski definition) is 0. The normalized spacial score (nSPS) is 18.4. The van der Waals surface area contributed by atoms with E-state index in [-0.39, 0.29) is 0 Å². The van der Waals surface area contributed by atoms with Crippen molar-refractivity contribution in [3.63, 3.8) is 0 Å². The van der Waals surface area contributed by atoms with E-state index in [0.29, 0.717) is 11.8 Å². The average Bonchev–Trinajstić information content (AvgIpc) is 1.89. The Hall–Kier alpha value is -0.520. The maximum absolute atomic E-state index is 2.24. The summed E-state index contributed by atoms with van der Waals surface area (Å²) >= 11 is 0. The third-order valence-electron chi connectivity index (χ3n) is 1.82. The Balaban J connectivity index is 3.81. The van der Waals surface area contributed by atoms with Crippen LogP contribution in [0.15, 0.2) is 24.3 Å². The Labute approximate surface area is 64.6 Å². The fraction of sp³-hybridized carbons (Fsp3) is 0.600. The van der Waals surface area contributed by atoms with Crippen LogP contribution in [0.25, 0.3) is 0 Å². The second kappa shape index (κ2) is 5.28. The lowest BCUT2D eigenvalue weighted by molar-refractivity contribution is 0.557. The van der Waals surface area contributed by atoms with Gasteiger partial charge in [0.15, 0.2) is 0 Å². The zero-order chi connectivity index (χ0) is 7.98. The first kappa shape index (κ1) is 9.48. The maximum Gasteiger partial charge on any atom is -0.0202 e. The van der Waals surface area contributed by atoms with Crippen LogP contribution in [0.1, 0.15) is 27.7 Å². The van der Waals surface area contributed by atoms with E-state index in [0.717, 1.165) is 0 Å². The highest BCUT2D eigenvalue weighted by Crippen LogP contribution is 2.13. The Kier molecular flexibility index (Phi) is 5.00. The minimum Gasteiger partial charge on any atom is -0.0914 e. The molecule has 0 aliphatic rings. The van der Waals surface area contributed by atoms with Crippen LogP contribution in [0.3, 0.4) is 0 Å². The summed E-state index contributed by atoms with van der Waals surface area (Å²) in [5.74, 6) is 1.34. The lowest BCUT2D eigenvalue weighted by Gasteiger charge is -2.10. The van der Waals surface area contributed by atoms with Crippen molar-refractivity contribution in [3.8, 4) is 0 Å². The molecule has 2 atom stereocenters. The SMILES string of the molecule is C/C=C/[C@@H](C)[C@@H](C)/C=C/C. The lowest BCUT2D eigenvalue weighted by Crippen LogP contribution is -2.00. The van der Waals surface area contributed by atoms with Crippen LogP contribution in [0.4, 0.5) is 0 Å². The molecular weight excluding hydrogens is 120 g/mol. The summed E-state index contributed by atoms with van der Waals surface area (Å²) in [6, 6.07) is 0. The average molecular weight is 138 g/mol. The van der Waals surface area contributed by atoms with Crippen LogP contribution in [0.2, 0.25) is 0 Å². The molecule has 0 unspecified atom stereocenters. The molecule has 0 heteroatoms. The molecule has 0 amide bonds. The zero-order valence-electron chi connectivity index (χ0n) is 7.46. The molecule has 0 aliphatic carbocycles. The van der Waals surface area contributed by atoms with Crippen molar-refractivity contribution < 1.29 is 0 Å². The summed E-state index contributed by atoms with van der Waals surface area (Å²) in [6.07, 6.45) is 8.71. The molecule has 10 heavy (non-hydrogen) atoms. The standard InChI is InChI=1S/C10H18/c1-5-7-9(3)10(4)8-6-2/h5-10H,1-4H3/b7-5+,8-6+/t9-,10+. The van der Waals surface area contributed by atoms with Crippen LogP contribution in [-0.4, -0.2) is 0 Å². The second-order valence-corrected chi connectivity index (χ2v) is 2.77. The van der Waals surface area contributed by atoms with Gasteiger partial charge in [0.25, 0.3) is 0 Å². The van der Waals surface area contributed by atoms with Crippen LogP contribution in [0, 0.1) is 11.8 Å². The number of hydrogen-bond acceptors (Lipinski definition) is 0. The summed E-state index contributed by atoms with van der Waals surface area (Å²) in [4.78, 5) is 0. The molecule has 0 aliphatic heterocycles. The predicted octanol–water partition coefficient (Wildman–Crippen LogP) is 3.41. The fourth-order valence-electron chi connectivity index (χ4n) is 0.958. The molecule has 0 saturated heterocycles. The van der Waals surface area contributed by atoms with Crippen LogP contribution >= 0.6 is 0 Å². The van der Waals surface area contributed by atoms with Crippen molar-refractivity contribution in [2.75, 3.05) is 0 Å². The van der Waals surface area contributed by atoms with E-state index < -0.39 is 0 Å². The van der Waals surface area contributed by atoms with Gasteiger partial charge in [0.2, 0.25) is 0 Å². The molecule has 0 aromatic heterocycles. The molecule has 0 nitrogen and oxygen atoms in total. The van der Waals surface area contributed by atoms with Crippen molar-refractivity contribution in [1.82, 2.24) is 0 Å². The summed E-state index contributed by atoms with van der Waals surface area (Å²) in [7, 11) is 0. The quantitative estimate of drug-likeness (QED) is 0.524. The molecule has 0 spiro atoms. The smallest absolute Gasteiger partial charge is 0.0202 e. The minimum atomic E-state index is 0.668. The second-order valence-electron chi connectivity index (χ2n) is 2.77. The van der Waals surface area contributed by atoms with Crippen LogP contribution < -0.4 is 0 Å². The summed E-state index contributed by atoms with van der Waals surface area (Å²) in [5.41, 5.74) is 0. The van der Waals surface area contributed by atoms with Crippen molar-refractivity contribution in [1.29, 1.82) is 0 Å². The Bertz CT molecular complexity index is 104. The molecule has 0 N–H and O–H groups in total. The van der Waals surface area contributed by atoms with Crippen molar-refractivity contribution >= 4 is 0 Å². The monoisotopic (exact) mass is 138 g/mol. The summed E-state index contributed by atoms with van der Waals surface area (Å²) in [5, 5.41) is 0. The highest BCUT2D eigenvalue weighted by molar-refractivity contribution is 4.94. The third-order valence-corrected chi connectivity index (χ3v) is 1.82. The van der Waals surface area contributed by atoms with Crippen LogP contribution in [0.5, 0.6) is 0 Å². The first-order valence-electron chi connectivity index (χ1n) is 3.98. The summed E-state index contributed by atoms with van der Waals surface area (Å²) in [6.45, 7) is 8.62. The molecule has 0 saturated carbocycles.